The SMILES string of the molecule is COc1ccc(C(=O)c2ccc(F)cc2N)cc1. The van der Waals surface area contributed by atoms with E-state index in [2.05, 4.69) is 0 Å². The number of nitrogens with two attached hydrogens (primary N) is 1. The van der Waals surface area contributed by atoms with Crippen LogP contribution in [-0.2, 0) is 0 Å². The third kappa shape index (κ3) is 2.32. The van der Waals surface area contributed by atoms with Crippen molar-refractivity contribution < 1.29 is 13.9 Å². The Balaban J connectivity index is 2.35. The summed E-state index contributed by atoms with van der Waals surface area (Å²) in [6.07, 6.45) is 0. The van der Waals surface area contributed by atoms with Gasteiger partial charge in [0.2, 0.25) is 0 Å². The van der Waals surface area contributed by atoms with Gasteiger partial charge in [-0.05, 0) is 42.5 Å². The Bertz CT molecular complexity index is 579. The molecule has 2 N–H and O–H groups in total. The van der Waals surface area contributed by atoms with Crippen LogP contribution in [0.15, 0.2) is 42.5 Å². The topological polar surface area (TPSA) is 52.3 Å². The van der Waals surface area contributed by atoms with Crippen molar-refractivity contribution in [2.45, 2.75) is 0 Å². The summed E-state index contributed by atoms with van der Waals surface area (Å²) in [6.45, 7) is 0. The summed E-state index contributed by atoms with van der Waals surface area (Å²) in [5.41, 5.74) is 6.54. The second-order valence-corrected chi connectivity index (χ2v) is 3.79. The van der Waals surface area contributed by atoms with Gasteiger partial charge in [-0.2, -0.15) is 0 Å². The van der Waals surface area contributed by atoms with Crippen molar-refractivity contribution >= 4 is 11.5 Å². The predicted octanol–water partition coefficient (Wildman–Crippen LogP) is 2.65. The number of nitrogen functional groups attached to an aromatic ring is 1. The zero-order chi connectivity index (χ0) is 13.1. The Labute approximate surface area is 104 Å². The highest BCUT2D eigenvalue weighted by molar-refractivity contribution is 6.12. The molecule has 0 radical (unpaired) electrons. The smallest absolute Gasteiger partial charge is 0.195 e. The van der Waals surface area contributed by atoms with E-state index in [1.807, 2.05) is 0 Å². The second-order valence-electron chi connectivity index (χ2n) is 3.79. The first-order valence-electron chi connectivity index (χ1n) is 5.35. The fourth-order valence-corrected chi connectivity index (χ4v) is 1.64. The Morgan fingerprint density at radius 3 is 2.39 bits per heavy atom. The fourth-order valence-electron chi connectivity index (χ4n) is 1.64. The average molecular weight is 245 g/mol. The van der Waals surface area contributed by atoms with Gasteiger partial charge in [0.25, 0.3) is 0 Å². The number of halogens is 1. The Morgan fingerprint density at radius 1 is 1.17 bits per heavy atom. The lowest BCUT2D eigenvalue weighted by atomic mass is 10.0. The zero-order valence-electron chi connectivity index (χ0n) is 9.81. The molecule has 18 heavy (non-hydrogen) atoms. The molecule has 0 unspecified atom stereocenters. The second kappa shape index (κ2) is 4.87. The van der Waals surface area contributed by atoms with Crippen LogP contribution in [0.25, 0.3) is 0 Å². The number of hydrogen-bond donors (Lipinski definition) is 1. The summed E-state index contributed by atoms with van der Waals surface area (Å²) in [6, 6.07) is 10.4. The minimum atomic E-state index is -0.459. The van der Waals surface area contributed by atoms with Gasteiger partial charge in [-0.3, -0.25) is 4.79 Å². The minimum absolute atomic E-state index is 0.135. The number of rotatable bonds is 3. The lowest BCUT2D eigenvalue weighted by Crippen LogP contribution is -2.05. The fraction of sp³-hybridized carbons (Fsp3) is 0.0714. The van der Waals surface area contributed by atoms with Crippen LogP contribution in [0.5, 0.6) is 5.75 Å². The van der Waals surface area contributed by atoms with E-state index in [1.54, 1.807) is 31.4 Å². The van der Waals surface area contributed by atoms with Gasteiger partial charge in [0.1, 0.15) is 11.6 Å². The summed E-state index contributed by atoms with van der Waals surface area (Å²) in [5.74, 6) is -0.0347. The first kappa shape index (κ1) is 12.1. The number of ketones is 1. The summed E-state index contributed by atoms with van der Waals surface area (Å²) in [7, 11) is 1.55. The lowest BCUT2D eigenvalue weighted by molar-refractivity contribution is 0.103. The molecule has 2 aromatic carbocycles. The maximum atomic E-state index is 12.9. The molecule has 3 nitrogen and oxygen atoms in total. The molecule has 2 rings (SSSR count). The van der Waals surface area contributed by atoms with Crippen LogP contribution < -0.4 is 10.5 Å². The van der Waals surface area contributed by atoms with E-state index in [-0.39, 0.29) is 11.5 Å². The van der Waals surface area contributed by atoms with Crippen molar-refractivity contribution in [3.8, 4) is 5.75 Å². The van der Waals surface area contributed by atoms with E-state index < -0.39 is 5.82 Å². The summed E-state index contributed by atoms with van der Waals surface area (Å²) < 4.78 is 17.9. The number of methoxy groups -OCH3 is 1. The minimum Gasteiger partial charge on any atom is -0.497 e. The molecule has 0 saturated heterocycles. The third-order valence-corrected chi connectivity index (χ3v) is 2.61. The van der Waals surface area contributed by atoms with Crippen molar-refractivity contribution in [3.05, 3.63) is 59.4 Å². The van der Waals surface area contributed by atoms with Crippen molar-refractivity contribution in [2.24, 2.45) is 0 Å². The first-order valence-corrected chi connectivity index (χ1v) is 5.35. The van der Waals surface area contributed by atoms with Crippen LogP contribution in [0.1, 0.15) is 15.9 Å². The van der Waals surface area contributed by atoms with E-state index in [0.29, 0.717) is 16.9 Å². The van der Waals surface area contributed by atoms with E-state index in [4.69, 9.17) is 10.5 Å². The Kier molecular flexibility index (Phi) is 3.28. The molecule has 0 saturated carbocycles. The first-order chi connectivity index (χ1) is 8.61. The molecule has 0 aliphatic rings. The zero-order valence-corrected chi connectivity index (χ0v) is 9.81. The number of benzene rings is 2. The molecular weight excluding hydrogens is 233 g/mol. The standard InChI is InChI=1S/C14H12FNO2/c1-18-11-5-2-9(3-6-11)14(17)12-7-4-10(15)8-13(12)16/h2-8H,16H2,1H3. The number of hydrogen-bond acceptors (Lipinski definition) is 3. The van der Waals surface area contributed by atoms with Crippen LogP contribution in [-0.4, -0.2) is 12.9 Å². The summed E-state index contributed by atoms with van der Waals surface area (Å²) in [4.78, 5) is 12.1. The molecule has 0 aromatic heterocycles. The van der Waals surface area contributed by atoms with Gasteiger partial charge in [0.15, 0.2) is 5.78 Å². The number of ether oxygens (including phenoxy) is 1. The number of anilines is 1. The maximum absolute atomic E-state index is 12.9. The number of carbonyl (C=O) groups is 1. The van der Waals surface area contributed by atoms with Crippen LogP contribution in [0.2, 0.25) is 0 Å². The Hall–Kier alpha value is -2.36. The largest absolute Gasteiger partial charge is 0.497 e. The van der Waals surface area contributed by atoms with Crippen molar-refractivity contribution in [2.75, 3.05) is 12.8 Å². The average Bonchev–Trinajstić information content (AvgIpc) is 2.38. The molecular formula is C14H12FNO2. The van der Waals surface area contributed by atoms with E-state index in [1.165, 1.54) is 12.1 Å². The lowest BCUT2D eigenvalue weighted by Gasteiger charge is -2.06. The van der Waals surface area contributed by atoms with Crippen LogP contribution in [0.3, 0.4) is 0 Å². The molecule has 0 atom stereocenters. The highest BCUT2D eigenvalue weighted by Gasteiger charge is 2.12. The molecule has 0 amide bonds. The van der Waals surface area contributed by atoms with Gasteiger partial charge in [0, 0.05) is 16.8 Å². The molecule has 0 aliphatic heterocycles. The summed E-state index contributed by atoms with van der Waals surface area (Å²) >= 11 is 0. The molecule has 92 valence electrons. The monoisotopic (exact) mass is 245 g/mol. The molecule has 2 aromatic rings. The molecule has 0 aliphatic carbocycles. The normalized spacial score (nSPS) is 10.1. The maximum Gasteiger partial charge on any atom is 0.195 e. The van der Waals surface area contributed by atoms with Gasteiger partial charge in [0.05, 0.1) is 7.11 Å². The number of carbonyl (C=O) groups excluding carboxylic acids is 1. The third-order valence-electron chi connectivity index (χ3n) is 2.61. The quantitative estimate of drug-likeness (QED) is 0.668. The van der Waals surface area contributed by atoms with Crippen LogP contribution in [0.4, 0.5) is 10.1 Å². The van der Waals surface area contributed by atoms with Gasteiger partial charge in [-0.1, -0.05) is 0 Å². The molecule has 0 fully saturated rings. The molecule has 0 heterocycles. The van der Waals surface area contributed by atoms with Gasteiger partial charge in [-0.15, -0.1) is 0 Å². The predicted molar refractivity (Wildman–Crippen MR) is 67.2 cm³/mol. The van der Waals surface area contributed by atoms with Crippen molar-refractivity contribution in [1.82, 2.24) is 0 Å². The Morgan fingerprint density at radius 2 is 1.83 bits per heavy atom. The molecule has 4 heteroatoms. The van der Waals surface area contributed by atoms with E-state index in [9.17, 15) is 9.18 Å². The van der Waals surface area contributed by atoms with E-state index >= 15 is 0 Å². The highest BCUT2D eigenvalue weighted by Crippen LogP contribution is 2.19. The van der Waals surface area contributed by atoms with Crippen molar-refractivity contribution in [1.29, 1.82) is 0 Å². The molecule has 0 spiro atoms. The van der Waals surface area contributed by atoms with Crippen molar-refractivity contribution in [3.63, 3.8) is 0 Å². The molecule has 0 bridgehead atoms. The summed E-state index contributed by atoms with van der Waals surface area (Å²) in [5, 5.41) is 0. The van der Waals surface area contributed by atoms with Gasteiger partial charge >= 0.3 is 0 Å². The van der Waals surface area contributed by atoms with Gasteiger partial charge in [-0.25, -0.2) is 4.39 Å². The highest BCUT2D eigenvalue weighted by atomic mass is 19.1. The van der Waals surface area contributed by atoms with Gasteiger partial charge < -0.3 is 10.5 Å². The van der Waals surface area contributed by atoms with E-state index in [0.717, 1.165) is 6.07 Å². The van der Waals surface area contributed by atoms with Crippen LogP contribution >= 0.6 is 0 Å². The van der Waals surface area contributed by atoms with Crippen LogP contribution in [0, 0.1) is 5.82 Å².